The second-order valence-electron chi connectivity index (χ2n) is 11.2. The molecule has 9 heteroatoms. The van der Waals surface area contributed by atoms with Crippen LogP contribution in [0.3, 0.4) is 0 Å². The number of allylic oxidation sites excluding steroid dienone is 1. The molecule has 0 aromatic heterocycles. The van der Waals surface area contributed by atoms with Crippen LogP contribution in [-0.4, -0.2) is 42.4 Å². The minimum absolute atomic E-state index is 0.266. The molecule has 0 radical (unpaired) electrons. The molecule has 1 aliphatic rings. The van der Waals surface area contributed by atoms with Crippen LogP contribution in [0.15, 0.2) is 35.9 Å². The van der Waals surface area contributed by atoms with Gasteiger partial charge in [-0.3, -0.25) is 0 Å². The molecule has 0 amide bonds. The molecule has 0 spiro atoms. The molecular weight excluding hydrogens is 494 g/mol. The summed E-state index contributed by atoms with van der Waals surface area (Å²) >= 11 is 0. The maximum absolute atomic E-state index is 11.1. The Hall–Kier alpha value is -2.51. The summed E-state index contributed by atoms with van der Waals surface area (Å²) in [6.45, 7) is 13.9. The lowest BCUT2D eigenvalue weighted by Crippen LogP contribution is -2.39. The van der Waals surface area contributed by atoms with Crippen molar-refractivity contribution in [2.75, 3.05) is 13.2 Å². The molecule has 2 aromatic carbocycles. The molecule has 2 aromatic rings. The maximum atomic E-state index is 11.1. The molecule has 1 heterocycles. The Kier molecular flexibility index (Phi) is 10.3. The van der Waals surface area contributed by atoms with Gasteiger partial charge in [-0.15, -0.1) is 0 Å². The average Bonchev–Trinajstić information content (AvgIpc) is 2.87. The van der Waals surface area contributed by atoms with Crippen molar-refractivity contribution in [1.29, 1.82) is 0 Å². The lowest BCUT2D eigenvalue weighted by Gasteiger charge is -2.37. The van der Waals surface area contributed by atoms with Gasteiger partial charge in [-0.05, 0) is 61.2 Å². The van der Waals surface area contributed by atoms with Gasteiger partial charge < -0.3 is 28.3 Å². The number of unbranched alkanes of at least 4 members (excludes halogenated alkanes) is 2. The summed E-state index contributed by atoms with van der Waals surface area (Å²) in [5, 5.41) is -0.266. The Balaban J connectivity index is 2.08. The van der Waals surface area contributed by atoms with E-state index < -0.39 is 8.32 Å². The van der Waals surface area contributed by atoms with E-state index in [2.05, 4.69) is 27.7 Å². The van der Waals surface area contributed by atoms with Crippen molar-refractivity contribution in [3.63, 3.8) is 0 Å². The number of benzene rings is 2. The van der Waals surface area contributed by atoms with Crippen LogP contribution in [0.4, 0.5) is 0 Å². The molecule has 0 atom stereocenters. The second-order valence-corrected chi connectivity index (χ2v) is 15.7. The Morgan fingerprint density at radius 1 is 0.921 bits per heavy atom. The van der Waals surface area contributed by atoms with Gasteiger partial charge in [-0.1, -0.05) is 40.5 Å². The molecule has 0 aliphatic carbocycles. The third-order valence-corrected chi connectivity index (χ3v) is 11.0. The van der Waals surface area contributed by atoms with Crippen LogP contribution in [0.5, 0.6) is 28.7 Å². The van der Waals surface area contributed by atoms with Crippen molar-refractivity contribution in [3.05, 3.63) is 47.0 Å². The van der Waals surface area contributed by atoms with Gasteiger partial charge in [-0.25, -0.2) is 0 Å². The van der Waals surface area contributed by atoms with Gasteiger partial charge in [0.05, 0.1) is 13.2 Å². The first kappa shape index (κ1) is 30.0. The zero-order valence-electron chi connectivity index (χ0n) is 24.5. The molecule has 206 valence electrons. The summed E-state index contributed by atoms with van der Waals surface area (Å²) in [6, 6.07) is 9.86. The molecular formula is C29H44B2O6Si. The number of fused-ring (bicyclic) bond motifs is 1. The van der Waals surface area contributed by atoms with E-state index in [9.17, 15) is 4.80 Å². The summed E-state index contributed by atoms with van der Waals surface area (Å²) in [6.07, 6.45) is 5.46. The van der Waals surface area contributed by atoms with E-state index >= 15 is 0 Å². The zero-order valence-corrected chi connectivity index (χ0v) is 25.5. The van der Waals surface area contributed by atoms with Gasteiger partial charge in [0.1, 0.15) is 28.8 Å². The van der Waals surface area contributed by atoms with E-state index in [1.165, 1.54) is 0 Å². The van der Waals surface area contributed by atoms with Crippen LogP contribution < -0.4 is 23.5 Å². The molecule has 0 fully saturated rings. The summed E-state index contributed by atoms with van der Waals surface area (Å²) in [5.74, 6) is 4.40. The van der Waals surface area contributed by atoms with Gasteiger partial charge in [0.15, 0.2) is 14.1 Å². The molecule has 3 rings (SSSR count). The van der Waals surface area contributed by atoms with E-state index in [1.807, 2.05) is 43.4 Å². The fraction of sp³-hybridized carbons (Fsp3) is 0.517. The topological polar surface area (TPSA) is 66.4 Å². The fourth-order valence-electron chi connectivity index (χ4n) is 4.35. The van der Waals surface area contributed by atoms with Gasteiger partial charge >= 0.3 is 16.1 Å². The van der Waals surface area contributed by atoms with Gasteiger partial charge in [0.25, 0.3) is 0 Å². The van der Waals surface area contributed by atoms with E-state index in [1.54, 1.807) is 16.1 Å². The molecule has 1 N–H and O–H groups in total. The van der Waals surface area contributed by atoms with E-state index in [-0.39, 0.29) is 5.04 Å². The van der Waals surface area contributed by atoms with Crippen molar-refractivity contribution in [2.45, 2.75) is 84.4 Å². The largest absolute Gasteiger partial charge is 0.567 e. The predicted octanol–water partition coefficient (Wildman–Crippen LogP) is 5.61. The number of hydrogen-bond acceptors (Lipinski definition) is 6. The van der Waals surface area contributed by atoms with Crippen LogP contribution in [0.1, 0.15) is 70.9 Å². The third-order valence-electron chi connectivity index (χ3n) is 7.54. The first-order valence-electron chi connectivity index (χ1n) is 13.8. The number of rotatable bonds is 14. The second kappa shape index (κ2) is 13.0. The molecule has 0 bridgehead atoms. The highest BCUT2D eigenvalue weighted by molar-refractivity contribution is 6.72. The normalized spacial score (nSPS) is 13.6. The third kappa shape index (κ3) is 7.11. The van der Waals surface area contributed by atoms with E-state index in [0.29, 0.717) is 31.8 Å². The minimum Gasteiger partial charge on any atom is -0.567 e. The predicted molar refractivity (Wildman–Crippen MR) is 162 cm³/mol. The van der Waals surface area contributed by atoms with Crippen LogP contribution in [0.25, 0.3) is 5.76 Å². The fourth-order valence-corrected chi connectivity index (χ4v) is 4.99. The molecule has 6 nitrogen and oxygen atoms in total. The Morgan fingerprint density at radius 3 is 2.18 bits per heavy atom. The Bertz CT molecular complexity index is 1130. The van der Waals surface area contributed by atoms with Crippen LogP contribution in [0.2, 0.25) is 18.1 Å². The highest BCUT2D eigenvalue weighted by Crippen LogP contribution is 2.49. The van der Waals surface area contributed by atoms with Gasteiger partial charge in [-0.2, -0.15) is 0 Å². The number of ether oxygens (including phenoxy) is 3. The smallest absolute Gasteiger partial charge is 0.322 e. The highest BCUT2D eigenvalue weighted by atomic mass is 28.4. The van der Waals surface area contributed by atoms with Crippen molar-refractivity contribution >= 4 is 30.2 Å². The monoisotopic (exact) mass is 538 g/mol. The highest BCUT2D eigenvalue weighted by Gasteiger charge is 2.40. The Morgan fingerprint density at radius 2 is 1.58 bits per heavy atom. The SMILES string of the molecule is BOc1cc(C2=C(CC(C)(C)[Si](C)(C)O)Cc3c(OB)cc(OCCCC)cc3O2)ccc1OCCCC. The quantitative estimate of drug-likeness (QED) is 0.249. The summed E-state index contributed by atoms with van der Waals surface area (Å²) in [4.78, 5) is 11.1. The first-order valence-corrected chi connectivity index (χ1v) is 16.8. The van der Waals surface area contributed by atoms with Crippen molar-refractivity contribution in [2.24, 2.45) is 0 Å². The standard InChI is InChI=1S/C29H44B2O6Si/c1-7-9-13-33-22-17-25-23(26(18-22)36-30)15-21(19-29(3,4)38(5,6)32)28(35-25)20-11-12-24(27(16-20)37-31)34-14-10-8-2/h11-12,16-18,32H,7-10,13-15,19,30-31H2,1-6H3. The van der Waals surface area contributed by atoms with E-state index in [0.717, 1.165) is 71.1 Å². The van der Waals surface area contributed by atoms with Crippen molar-refractivity contribution in [3.8, 4) is 28.7 Å². The van der Waals surface area contributed by atoms with Crippen molar-refractivity contribution in [1.82, 2.24) is 0 Å². The number of hydrogen-bond donors (Lipinski definition) is 1. The zero-order chi connectivity index (χ0) is 27.9. The molecule has 0 saturated carbocycles. The maximum Gasteiger partial charge on any atom is 0.322 e. The lowest BCUT2D eigenvalue weighted by molar-refractivity contribution is 0.301. The Labute approximate surface area is 231 Å². The lowest BCUT2D eigenvalue weighted by atomic mass is 9.90. The molecule has 1 aliphatic heterocycles. The molecule has 0 unspecified atom stereocenters. The van der Waals surface area contributed by atoms with Crippen LogP contribution in [0, 0.1) is 0 Å². The summed E-state index contributed by atoms with van der Waals surface area (Å²) in [7, 11) is 0.868. The first-order chi connectivity index (χ1) is 18.0. The summed E-state index contributed by atoms with van der Waals surface area (Å²) in [5.41, 5.74) is 3.03. The molecule has 38 heavy (non-hydrogen) atoms. The van der Waals surface area contributed by atoms with Crippen LogP contribution >= 0.6 is 0 Å². The van der Waals surface area contributed by atoms with Crippen LogP contribution in [-0.2, 0) is 6.42 Å². The summed E-state index contributed by atoms with van der Waals surface area (Å²) < 4.78 is 30.1. The van der Waals surface area contributed by atoms with Crippen molar-refractivity contribution < 1.29 is 28.3 Å². The van der Waals surface area contributed by atoms with Gasteiger partial charge in [0.2, 0.25) is 0 Å². The van der Waals surface area contributed by atoms with Gasteiger partial charge in [0, 0.05) is 29.7 Å². The minimum atomic E-state index is -2.47. The van der Waals surface area contributed by atoms with E-state index in [4.69, 9.17) is 23.5 Å². The molecule has 0 saturated heterocycles. The average molecular weight is 538 g/mol.